The molecule has 1 saturated carbocycles. The van der Waals surface area contributed by atoms with E-state index in [9.17, 15) is 14.4 Å². The number of likely N-dealkylation sites (tertiary alicyclic amines) is 1. The average Bonchev–Trinajstić information content (AvgIpc) is 2.94. The topological polar surface area (TPSA) is 101 Å². The predicted molar refractivity (Wildman–Crippen MR) is 158 cm³/mol. The number of amides is 2. The summed E-state index contributed by atoms with van der Waals surface area (Å²) in [5.74, 6) is 0.943. The highest BCUT2D eigenvalue weighted by Crippen LogP contribution is 2.46. The summed E-state index contributed by atoms with van der Waals surface area (Å²) >= 11 is 0. The number of hydrogen-bond acceptors (Lipinski definition) is 6. The Morgan fingerprint density at radius 3 is 2.50 bits per heavy atom. The fraction of sp³-hybridized carbons (Fsp3) is 0.656. The van der Waals surface area contributed by atoms with E-state index in [1.807, 2.05) is 6.92 Å². The molecule has 4 rings (SSSR count). The van der Waals surface area contributed by atoms with Crippen LogP contribution in [0.3, 0.4) is 0 Å². The summed E-state index contributed by atoms with van der Waals surface area (Å²) in [5, 5.41) is 6.60. The molecule has 2 heterocycles. The van der Waals surface area contributed by atoms with Crippen LogP contribution < -0.4 is 20.8 Å². The molecule has 8 heteroatoms. The van der Waals surface area contributed by atoms with E-state index < -0.39 is 0 Å². The first-order valence-electron chi connectivity index (χ1n) is 15.2. The van der Waals surface area contributed by atoms with Crippen LogP contribution in [0.15, 0.2) is 33.5 Å². The maximum absolute atomic E-state index is 13.6. The maximum atomic E-state index is 13.6. The number of ether oxygens (including phenoxy) is 1. The predicted octanol–water partition coefficient (Wildman–Crippen LogP) is 5.28. The van der Waals surface area contributed by atoms with Gasteiger partial charge in [-0.1, -0.05) is 26.2 Å². The van der Waals surface area contributed by atoms with Gasteiger partial charge >= 0.3 is 0 Å². The van der Waals surface area contributed by atoms with Gasteiger partial charge in [-0.25, -0.2) is 0 Å². The summed E-state index contributed by atoms with van der Waals surface area (Å²) in [6, 6.07) is 6.33. The van der Waals surface area contributed by atoms with E-state index >= 15 is 0 Å². The second kappa shape index (κ2) is 13.2. The van der Waals surface area contributed by atoms with Gasteiger partial charge in [-0.05, 0) is 103 Å². The first-order valence-corrected chi connectivity index (χ1v) is 15.2. The molecule has 2 aliphatic rings. The average molecular weight is 554 g/mol. The Kier molecular flexibility index (Phi) is 9.93. The summed E-state index contributed by atoms with van der Waals surface area (Å²) in [6.45, 7) is 11.9. The van der Waals surface area contributed by atoms with E-state index in [1.54, 1.807) is 18.2 Å². The van der Waals surface area contributed by atoms with E-state index in [-0.39, 0.29) is 34.0 Å². The highest BCUT2D eigenvalue weighted by atomic mass is 16.5. The molecule has 0 radical (unpaired) electrons. The quantitative estimate of drug-likeness (QED) is 0.389. The van der Waals surface area contributed by atoms with Crippen molar-refractivity contribution in [2.45, 2.75) is 91.0 Å². The highest BCUT2D eigenvalue weighted by Gasteiger charge is 2.48. The Hall–Kier alpha value is -2.87. The minimum Gasteiger partial charge on any atom is -0.494 e. The Balaban J connectivity index is 1.28. The van der Waals surface area contributed by atoms with Crippen molar-refractivity contribution in [3.05, 3.63) is 40.2 Å². The minimum atomic E-state index is -0.390. The molecule has 0 unspecified atom stereocenters. The van der Waals surface area contributed by atoms with Crippen LogP contribution in [0.25, 0.3) is 11.0 Å². The molecule has 2 fully saturated rings. The lowest BCUT2D eigenvalue weighted by atomic mass is 9.63. The van der Waals surface area contributed by atoms with Crippen molar-refractivity contribution in [3.63, 3.8) is 0 Å². The van der Waals surface area contributed by atoms with E-state index in [1.165, 1.54) is 25.3 Å². The number of piperidine rings is 1. The number of carbonyl (C=O) groups is 2. The molecule has 1 aliphatic carbocycles. The van der Waals surface area contributed by atoms with Gasteiger partial charge in [-0.3, -0.25) is 14.4 Å². The Morgan fingerprint density at radius 2 is 1.82 bits per heavy atom. The number of benzene rings is 1. The van der Waals surface area contributed by atoms with Crippen molar-refractivity contribution in [1.29, 1.82) is 0 Å². The van der Waals surface area contributed by atoms with E-state index in [4.69, 9.17) is 9.15 Å². The minimum absolute atomic E-state index is 0.0137. The molecular weight excluding hydrogens is 506 g/mol. The van der Waals surface area contributed by atoms with Gasteiger partial charge in [0.2, 0.25) is 5.91 Å². The van der Waals surface area contributed by atoms with Gasteiger partial charge in [0.15, 0.2) is 11.2 Å². The summed E-state index contributed by atoms with van der Waals surface area (Å²) < 4.78 is 11.3. The largest absolute Gasteiger partial charge is 0.494 e. The van der Waals surface area contributed by atoms with Crippen molar-refractivity contribution < 1.29 is 18.7 Å². The van der Waals surface area contributed by atoms with Gasteiger partial charge in [-0.15, -0.1) is 0 Å². The van der Waals surface area contributed by atoms with Crippen molar-refractivity contribution in [2.75, 3.05) is 32.8 Å². The summed E-state index contributed by atoms with van der Waals surface area (Å²) in [6.07, 6.45) is 9.48. The first-order chi connectivity index (χ1) is 19.1. The van der Waals surface area contributed by atoms with Gasteiger partial charge in [0.05, 0.1) is 17.4 Å². The third-order valence-electron chi connectivity index (χ3n) is 8.41. The van der Waals surface area contributed by atoms with Gasteiger partial charge in [-0.2, -0.15) is 0 Å². The third kappa shape index (κ3) is 7.45. The zero-order valence-electron chi connectivity index (χ0n) is 24.8. The molecule has 0 atom stereocenters. The van der Waals surface area contributed by atoms with Gasteiger partial charge < -0.3 is 24.7 Å². The number of fused-ring (bicyclic) bond motifs is 1. The van der Waals surface area contributed by atoms with Crippen LogP contribution in [0.5, 0.6) is 5.75 Å². The molecular formula is C32H47N3O5. The van der Waals surface area contributed by atoms with Crippen LogP contribution in [-0.2, 0) is 4.79 Å². The molecule has 40 heavy (non-hydrogen) atoms. The smallest absolute Gasteiger partial charge is 0.287 e. The molecule has 1 saturated heterocycles. The first kappa shape index (κ1) is 30.1. The van der Waals surface area contributed by atoms with Crippen LogP contribution in [0.1, 0.15) is 96.0 Å². The van der Waals surface area contributed by atoms with Crippen molar-refractivity contribution in [1.82, 2.24) is 15.5 Å². The number of carbonyl (C=O) groups excluding carboxylic acids is 2. The Morgan fingerprint density at radius 1 is 1.10 bits per heavy atom. The van der Waals surface area contributed by atoms with Crippen LogP contribution in [0, 0.1) is 11.3 Å². The maximum Gasteiger partial charge on any atom is 0.287 e. The molecule has 1 aliphatic heterocycles. The molecule has 0 bridgehead atoms. The zero-order valence-corrected chi connectivity index (χ0v) is 24.8. The van der Waals surface area contributed by atoms with Gasteiger partial charge in [0.1, 0.15) is 11.3 Å². The SMILES string of the molecule is CCCOc1ccc2oc(C(=O)NCCCN3CCC(C(=O)NC(C)(C)C)(C4CCCCC4)CC3)cc(=O)c2c1. The standard InChI is InChI=1S/C32H47N3O5/c1-5-20-39-24-12-13-27-25(21-24)26(36)22-28(40-27)29(37)33-16-9-17-35-18-14-32(15-19-35,23-10-7-6-8-11-23)30(38)34-31(2,3)4/h12-13,21-23H,5-11,14-20H2,1-4H3,(H,33,37)(H,34,38). The number of rotatable bonds is 10. The molecule has 8 nitrogen and oxygen atoms in total. The lowest BCUT2D eigenvalue weighted by Crippen LogP contribution is -2.56. The molecule has 2 amide bonds. The van der Waals surface area contributed by atoms with Crippen molar-refractivity contribution in [3.8, 4) is 5.75 Å². The lowest BCUT2D eigenvalue weighted by molar-refractivity contribution is -0.141. The molecule has 1 aromatic carbocycles. The fourth-order valence-corrected chi connectivity index (χ4v) is 6.27. The zero-order chi connectivity index (χ0) is 28.8. The molecule has 0 spiro atoms. The Bertz CT molecular complexity index is 1220. The monoisotopic (exact) mass is 553 g/mol. The Labute approximate surface area is 238 Å². The summed E-state index contributed by atoms with van der Waals surface area (Å²) in [4.78, 5) is 41.3. The third-order valence-corrected chi connectivity index (χ3v) is 8.41. The van der Waals surface area contributed by atoms with Crippen molar-refractivity contribution >= 4 is 22.8 Å². The van der Waals surface area contributed by atoms with Gasteiger partial charge in [0.25, 0.3) is 5.91 Å². The number of nitrogens with zero attached hydrogens (tertiary/aromatic N) is 1. The number of hydrogen-bond donors (Lipinski definition) is 2. The second-order valence-electron chi connectivity index (χ2n) is 12.6. The van der Waals surface area contributed by atoms with E-state index in [0.717, 1.165) is 58.2 Å². The fourth-order valence-electron chi connectivity index (χ4n) is 6.27. The second-order valence-corrected chi connectivity index (χ2v) is 12.6. The molecule has 1 aromatic heterocycles. The van der Waals surface area contributed by atoms with Crippen LogP contribution >= 0.6 is 0 Å². The normalized spacial score (nSPS) is 18.4. The summed E-state index contributed by atoms with van der Waals surface area (Å²) in [5.41, 5.74) is -0.399. The molecule has 220 valence electrons. The van der Waals surface area contributed by atoms with E-state index in [0.29, 0.717) is 35.8 Å². The van der Waals surface area contributed by atoms with Crippen molar-refractivity contribution in [2.24, 2.45) is 11.3 Å². The van der Waals surface area contributed by atoms with Crippen LogP contribution in [0.4, 0.5) is 0 Å². The summed E-state index contributed by atoms with van der Waals surface area (Å²) in [7, 11) is 0. The van der Waals surface area contributed by atoms with Crippen LogP contribution in [0.2, 0.25) is 0 Å². The van der Waals surface area contributed by atoms with E-state index in [2.05, 4.69) is 36.3 Å². The molecule has 2 N–H and O–H groups in total. The molecule has 2 aromatic rings. The van der Waals surface area contributed by atoms with Crippen LogP contribution in [-0.4, -0.2) is 55.0 Å². The highest BCUT2D eigenvalue weighted by molar-refractivity contribution is 5.93. The lowest BCUT2D eigenvalue weighted by Gasteiger charge is -2.47. The van der Waals surface area contributed by atoms with Gasteiger partial charge in [0, 0.05) is 18.2 Å². The number of nitrogens with one attached hydrogen (secondary N) is 2.